The molecule has 0 radical (unpaired) electrons. The minimum absolute atomic E-state index is 0. The molecule has 82 valence electrons. The molecule has 1 aromatic rings. The molecule has 0 aliphatic carbocycles. The third kappa shape index (κ3) is 4.30. The van der Waals surface area contributed by atoms with E-state index in [9.17, 15) is 0 Å². The molecule has 0 fully saturated rings. The lowest BCUT2D eigenvalue weighted by atomic mass is 10.0. The van der Waals surface area contributed by atoms with E-state index in [1.807, 2.05) is 12.1 Å². The molecule has 0 saturated heterocycles. The third-order valence-corrected chi connectivity index (χ3v) is 2.14. The highest BCUT2D eigenvalue weighted by molar-refractivity contribution is 5.85. The molecule has 0 saturated carbocycles. The molecule has 0 bridgehead atoms. The van der Waals surface area contributed by atoms with Crippen molar-refractivity contribution in [3.05, 3.63) is 35.4 Å². The lowest BCUT2D eigenvalue weighted by Crippen LogP contribution is -2.10. The lowest BCUT2D eigenvalue weighted by molar-refractivity contribution is 0.280. The van der Waals surface area contributed by atoms with E-state index in [0.717, 1.165) is 12.0 Å². The summed E-state index contributed by atoms with van der Waals surface area (Å²) in [6.45, 7) is 0.171. The molecule has 0 spiro atoms. The first-order chi connectivity index (χ1) is 6.77. The average Bonchev–Trinajstić information content (AvgIpc) is 2.26. The second-order valence-electron chi connectivity index (χ2n) is 3.21. The van der Waals surface area contributed by atoms with Crippen LogP contribution in [-0.4, -0.2) is 11.7 Å². The van der Waals surface area contributed by atoms with Gasteiger partial charge in [-0.25, -0.2) is 0 Å². The Bertz CT molecular complexity index is 318. The Morgan fingerprint density at radius 2 is 1.93 bits per heavy atom. The molecule has 0 heterocycles. The van der Waals surface area contributed by atoms with Crippen molar-refractivity contribution < 1.29 is 5.11 Å². The summed E-state index contributed by atoms with van der Waals surface area (Å²) in [5.41, 5.74) is 7.53. The third-order valence-electron chi connectivity index (χ3n) is 2.14. The van der Waals surface area contributed by atoms with Gasteiger partial charge in [-0.2, -0.15) is 5.26 Å². The summed E-state index contributed by atoms with van der Waals surface area (Å²) < 4.78 is 0. The normalized spacial score (nSPS) is 11.3. The van der Waals surface area contributed by atoms with Crippen molar-refractivity contribution in [2.75, 3.05) is 6.61 Å². The molecule has 15 heavy (non-hydrogen) atoms. The molecule has 0 aromatic heterocycles. The van der Waals surface area contributed by atoms with E-state index in [1.54, 1.807) is 12.1 Å². The Morgan fingerprint density at radius 1 is 1.33 bits per heavy atom. The van der Waals surface area contributed by atoms with Crippen LogP contribution in [0.2, 0.25) is 0 Å². The highest BCUT2D eigenvalue weighted by Crippen LogP contribution is 2.15. The summed E-state index contributed by atoms with van der Waals surface area (Å²) >= 11 is 0. The molecule has 1 atom stereocenters. The monoisotopic (exact) mass is 226 g/mol. The van der Waals surface area contributed by atoms with Gasteiger partial charge in [-0.3, -0.25) is 0 Å². The SMILES string of the molecule is Cl.N#Cc1ccc([C@H](N)CCCO)cc1. The molecular formula is C11H15ClN2O. The zero-order valence-electron chi connectivity index (χ0n) is 8.39. The fourth-order valence-corrected chi connectivity index (χ4v) is 1.28. The van der Waals surface area contributed by atoms with Crippen LogP contribution in [0.3, 0.4) is 0 Å². The van der Waals surface area contributed by atoms with Gasteiger partial charge in [0.15, 0.2) is 0 Å². The van der Waals surface area contributed by atoms with Crippen LogP contribution in [0.25, 0.3) is 0 Å². The van der Waals surface area contributed by atoms with Gasteiger partial charge in [-0.1, -0.05) is 12.1 Å². The number of halogens is 1. The van der Waals surface area contributed by atoms with Gasteiger partial charge in [0.25, 0.3) is 0 Å². The highest BCUT2D eigenvalue weighted by Gasteiger charge is 2.04. The predicted molar refractivity (Wildman–Crippen MR) is 61.7 cm³/mol. The second kappa shape index (κ2) is 7.24. The minimum Gasteiger partial charge on any atom is -0.396 e. The Labute approximate surface area is 95.9 Å². The molecule has 0 amide bonds. The number of hydrogen-bond acceptors (Lipinski definition) is 3. The molecule has 0 aliphatic rings. The first-order valence-corrected chi connectivity index (χ1v) is 4.64. The molecular weight excluding hydrogens is 212 g/mol. The van der Waals surface area contributed by atoms with Crippen molar-refractivity contribution in [1.82, 2.24) is 0 Å². The Hall–Kier alpha value is -1.08. The standard InChI is InChI=1S/C11H14N2O.ClH/c12-8-9-3-5-10(6-4-9)11(13)2-1-7-14;/h3-6,11,14H,1-2,7,13H2;1H/t11-;/m1./s1. The van der Waals surface area contributed by atoms with E-state index < -0.39 is 0 Å². The van der Waals surface area contributed by atoms with Crippen LogP contribution in [0.4, 0.5) is 0 Å². The number of rotatable bonds is 4. The fourth-order valence-electron chi connectivity index (χ4n) is 1.28. The number of hydrogen-bond donors (Lipinski definition) is 2. The Balaban J connectivity index is 0.00000196. The van der Waals surface area contributed by atoms with Gasteiger partial charge < -0.3 is 10.8 Å². The summed E-state index contributed by atoms with van der Waals surface area (Å²) in [5, 5.41) is 17.2. The van der Waals surface area contributed by atoms with Crippen molar-refractivity contribution in [2.24, 2.45) is 5.73 Å². The average molecular weight is 227 g/mol. The van der Waals surface area contributed by atoms with E-state index in [1.165, 1.54) is 0 Å². The van der Waals surface area contributed by atoms with Crippen molar-refractivity contribution in [3.63, 3.8) is 0 Å². The number of nitrogens with two attached hydrogens (primary N) is 1. The molecule has 0 aliphatic heterocycles. The molecule has 1 aromatic carbocycles. The topological polar surface area (TPSA) is 70.0 Å². The van der Waals surface area contributed by atoms with Crippen molar-refractivity contribution >= 4 is 12.4 Å². The van der Waals surface area contributed by atoms with Crippen LogP contribution in [0, 0.1) is 11.3 Å². The highest BCUT2D eigenvalue weighted by atomic mass is 35.5. The molecule has 4 heteroatoms. The first kappa shape index (κ1) is 13.9. The molecule has 1 rings (SSSR count). The van der Waals surface area contributed by atoms with Gasteiger partial charge in [0.05, 0.1) is 11.6 Å². The van der Waals surface area contributed by atoms with Crippen molar-refractivity contribution in [1.29, 1.82) is 5.26 Å². The number of aliphatic hydroxyl groups excluding tert-OH is 1. The van der Waals surface area contributed by atoms with Crippen LogP contribution in [0.5, 0.6) is 0 Å². The number of aliphatic hydroxyl groups is 1. The van der Waals surface area contributed by atoms with Gasteiger partial charge in [-0.05, 0) is 30.5 Å². The van der Waals surface area contributed by atoms with Crippen molar-refractivity contribution in [3.8, 4) is 6.07 Å². The smallest absolute Gasteiger partial charge is 0.0991 e. The maximum atomic E-state index is 8.65. The lowest BCUT2D eigenvalue weighted by Gasteiger charge is -2.10. The van der Waals surface area contributed by atoms with Gasteiger partial charge in [0.2, 0.25) is 0 Å². The number of benzene rings is 1. The van der Waals surface area contributed by atoms with Crippen LogP contribution in [0.15, 0.2) is 24.3 Å². The van der Waals surface area contributed by atoms with E-state index in [-0.39, 0.29) is 25.1 Å². The largest absolute Gasteiger partial charge is 0.396 e. The zero-order chi connectivity index (χ0) is 10.4. The minimum atomic E-state index is -0.0464. The first-order valence-electron chi connectivity index (χ1n) is 4.64. The fraction of sp³-hybridized carbons (Fsp3) is 0.364. The summed E-state index contributed by atoms with van der Waals surface area (Å²) in [7, 11) is 0. The Kier molecular flexibility index (Phi) is 6.72. The van der Waals surface area contributed by atoms with E-state index in [0.29, 0.717) is 12.0 Å². The van der Waals surface area contributed by atoms with Gasteiger partial charge in [-0.15, -0.1) is 12.4 Å². The van der Waals surface area contributed by atoms with Crippen molar-refractivity contribution in [2.45, 2.75) is 18.9 Å². The summed E-state index contributed by atoms with van der Waals surface area (Å²) in [5.74, 6) is 0. The number of nitrogens with zero attached hydrogens (tertiary/aromatic N) is 1. The second-order valence-corrected chi connectivity index (χ2v) is 3.21. The summed E-state index contributed by atoms with van der Waals surface area (Å²) in [4.78, 5) is 0. The van der Waals surface area contributed by atoms with Gasteiger partial charge in [0.1, 0.15) is 0 Å². The molecule has 3 N–H and O–H groups in total. The van der Waals surface area contributed by atoms with E-state index in [4.69, 9.17) is 16.1 Å². The Morgan fingerprint density at radius 3 is 2.40 bits per heavy atom. The van der Waals surface area contributed by atoms with Gasteiger partial charge in [0, 0.05) is 12.6 Å². The zero-order valence-corrected chi connectivity index (χ0v) is 9.20. The van der Waals surface area contributed by atoms with Gasteiger partial charge >= 0.3 is 0 Å². The van der Waals surface area contributed by atoms with Crippen LogP contribution in [0.1, 0.15) is 30.0 Å². The molecule has 3 nitrogen and oxygen atoms in total. The van der Waals surface area contributed by atoms with Crippen LogP contribution < -0.4 is 5.73 Å². The predicted octanol–water partition coefficient (Wildman–Crippen LogP) is 1.75. The number of nitriles is 1. The van der Waals surface area contributed by atoms with Crippen LogP contribution >= 0.6 is 12.4 Å². The maximum absolute atomic E-state index is 8.65. The van der Waals surface area contributed by atoms with E-state index >= 15 is 0 Å². The quantitative estimate of drug-likeness (QED) is 0.822. The van der Waals surface area contributed by atoms with Crippen LogP contribution in [-0.2, 0) is 0 Å². The summed E-state index contributed by atoms with van der Waals surface area (Å²) in [6.07, 6.45) is 1.48. The summed E-state index contributed by atoms with van der Waals surface area (Å²) in [6, 6.07) is 9.25. The van der Waals surface area contributed by atoms with E-state index in [2.05, 4.69) is 6.07 Å². The molecule has 0 unspecified atom stereocenters. The maximum Gasteiger partial charge on any atom is 0.0991 e.